The number of hydrogen-bond acceptors (Lipinski definition) is 5. The highest BCUT2D eigenvalue weighted by atomic mass is 35.5. The molecule has 2 amide bonds. The lowest BCUT2D eigenvalue weighted by Gasteiger charge is -2.51. The molecule has 4 aliphatic carbocycles. The highest BCUT2D eigenvalue weighted by Gasteiger charge is 2.50. The van der Waals surface area contributed by atoms with Crippen LogP contribution >= 0.6 is 11.6 Å². The molecule has 168 valence electrons. The molecule has 0 heterocycles. The average molecular weight is 460 g/mol. The van der Waals surface area contributed by atoms with Crippen molar-refractivity contribution in [1.29, 1.82) is 0 Å². The molecular weight excluding hydrogens is 437 g/mol. The maximum Gasteiger partial charge on any atom is 0.258 e. The number of rotatable bonds is 6. The van der Waals surface area contributed by atoms with Crippen molar-refractivity contribution in [3.05, 3.63) is 75.9 Å². The van der Waals surface area contributed by atoms with Crippen LogP contribution in [-0.2, 0) is 9.59 Å². The van der Waals surface area contributed by atoms with Gasteiger partial charge in [-0.1, -0.05) is 29.8 Å². The molecule has 0 aromatic heterocycles. The van der Waals surface area contributed by atoms with Gasteiger partial charge in [0.05, 0.1) is 22.2 Å². The molecule has 1 atom stereocenters. The molecule has 0 radical (unpaired) electrons. The van der Waals surface area contributed by atoms with Crippen LogP contribution in [0, 0.1) is 5.82 Å². The molecule has 0 saturated heterocycles. The minimum absolute atomic E-state index is 0.0285. The van der Waals surface area contributed by atoms with Gasteiger partial charge in [0, 0.05) is 30.3 Å². The fraction of sp³-hybridized carbons (Fsp3) is 0.304. The Bertz CT molecular complexity index is 1080. The molecule has 1 fully saturated rings. The van der Waals surface area contributed by atoms with Gasteiger partial charge in [-0.05, 0) is 36.6 Å². The molecule has 1 saturated carbocycles. The number of carbonyl (C=O) groups is 2. The summed E-state index contributed by atoms with van der Waals surface area (Å²) in [6, 6.07) is 3.94. The number of ether oxygens (including phenoxy) is 1. The number of nitrogens with one attached hydrogen (secondary N) is 2. The number of nitrogens with two attached hydrogens (primary N) is 1. The van der Waals surface area contributed by atoms with E-state index < -0.39 is 17.5 Å². The number of allylic oxidation sites excluding steroid dienone is 3. The molecule has 0 aliphatic heterocycles. The number of hydrogen-bond donors (Lipinski definition) is 4. The average Bonchev–Trinajstić information content (AvgIpc) is 2.94. The van der Waals surface area contributed by atoms with Crippen LogP contribution in [0.5, 0.6) is 5.75 Å². The van der Waals surface area contributed by atoms with Gasteiger partial charge < -0.3 is 26.2 Å². The van der Waals surface area contributed by atoms with Crippen LogP contribution in [0.15, 0.2) is 65.0 Å². The number of aliphatic hydroxyl groups is 1. The summed E-state index contributed by atoms with van der Waals surface area (Å²) in [5.41, 5.74) is 7.58. The molecule has 2 bridgehead atoms. The van der Waals surface area contributed by atoms with Crippen LogP contribution in [0.2, 0.25) is 5.02 Å². The summed E-state index contributed by atoms with van der Waals surface area (Å²) in [5.74, 6) is -1.18. The Hall–Kier alpha value is -3.10. The molecule has 1 aromatic carbocycles. The van der Waals surface area contributed by atoms with Gasteiger partial charge in [-0.3, -0.25) is 9.59 Å². The summed E-state index contributed by atoms with van der Waals surface area (Å²) in [5, 5.41) is 16.3. The minimum Gasteiger partial charge on any atom is -0.484 e. The molecule has 32 heavy (non-hydrogen) atoms. The maximum atomic E-state index is 13.5. The van der Waals surface area contributed by atoms with Crippen molar-refractivity contribution < 1.29 is 23.8 Å². The van der Waals surface area contributed by atoms with E-state index in [1.165, 1.54) is 12.1 Å². The predicted molar refractivity (Wildman–Crippen MR) is 117 cm³/mol. The Morgan fingerprint density at radius 3 is 2.81 bits per heavy atom. The summed E-state index contributed by atoms with van der Waals surface area (Å²) < 4.78 is 18.8. The zero-order chi connectivity index (χ0) is 22.9. The van der Waals surface area contributed by atoms with Crippen molar-refractivity contribution in [2.75, 3.05) is 6.61 Å². The zero-order valence-corrected chi connectivity index (χ0v) is 17.9. The maximum absolute atomic E-state index is 13.5. The second kappa shape index (κ2) is 8.80. The van der Waals surface area contributed by atoms with E-state index in [9.17, 15) is 19.1 Å². The third-order valence-corrected chi connectivity index (χ3v) is 6.06. The first-order valence-corrected chi connectivity index (χ1v) is 10.6. The normalized spacial score (nSPS) is 24.0. The number of benzene rings is 1. The standard InChI is InChI=1S/C23H23ClFN3O4/c24-16-7-6-14(8-17(16)25)32-12-20(30)28-23-9-13(10-23)21(19(29)11-23)27-22(31)15-4-2-1-3-5-18(15)26/h1-4,6-8,19,29H,5,9-12,26H2,(H,27,31)(H,28,30). The van der Waals surface area contributed by atoms with E-state index in [-0.39, 0.29) is 35.6 Å². The molecule has 4 aliphatic rings. The molecule has 0 spiro atoms. The van der Waals surface area contributed by atoms with Crippen LogP contribution in [0.4, 0.5) is 4.39 Å². The van der Waals surface area contributed by atoms with Crippen LogP contribution < -0.4 is 21.1 Å². The summed E-state index contributed by atoms with van der Waals surface area (Å²) in [7, 11) is 0. The van der Waals surface area contributed by atoms with Crippen molar-refractivity contribution in [3.8, 4) is 5.75 Å². The van der Waals surface area contributed by atoms with Gasteiger partial charge in [0.25, 0.3) is 11.8 Å². The SMILES string of the molecule is NC1=C(C(=O)NC2=C3CC(NC(=O)COc4ccc(Cl)c(F)c4)(C3)CC2O)C=CC=CC1. The molecular formula is C23H23ClFN3O4. The largest absolute Gasteiger partial charge is 0.484 e. The van der Waals surface area contributed by atoms with Crippen molar-refractivity contribution in [2.24, 2.45) is 5.73 Å². The van der Waals surface area contributed by atoms with Crippen molar-refractivity contribution in [1.82, 2.24) is 10.6 Å². The van der Waals surface area contributed by atoms with Crippen LogP contribution in [0.3, 0.4) is 0 Å². The predicted octanol–water partition coefficient (Wildman–Crippen LogP) is 2.37. The van der Waals surface area contributed by atoms with Gasteiger partial charge >= 0.3 is 0 Å². The summed E-state index contributed by atoms with van der Waals surface area (Å²) in [6.07, 6.45) is 7.93. The monoisotopic (exact) mass is 459 g/mol. The fourth-order valence-electron chi connectivity index (χ4n) is 4.22. The van der Waals surface area contributed by atoms with Crippen LogP contribution in [0.1, 0.15) is 25.7 Å². The minimum atomic E-state index is -0.919. The number of aliphatic hydroxyl groups excluding tert-OH is 1. The van der Waals surface area contributed by atoms with Gasteiger partial charge in [-0.2, -0.15) is 0 Å². The van der Waals surface area contributed by atoms with Crippen molar-refractivity contribution in [3.63, 3.8) is 0 Å². The van der Waals surface area contributed by atoms with E-state index >= 15 is 0 Å². The molecule has 5 N–H and O–H groups in total. The van der Waals surface area contributed by atoms with Crippen LogP contribution in [-0.4, -0.2) is 35.2 Å². The second-order valence-corrected chi connectivity index (χ2v) is 8.58. The topological polar surface area (TPSA) is 114 Å². The van der Waals surface area contributed by atoms with Gasteiger partial charge in [0.2, 0.25) is 0 Å². The summed E-state index contributed by atoms with van der Waals surface area (Å²) >= 11 is 5.63. The van der Waals surface area contributed by atoms with Gasteiger partial charge in [-0.15, -0.1) is 0 Å². The first-order valence-electron chi connectivity index (χ1n) is 10.2. The summed E-state index contributed by atoms with van der Waals surface area (Å²) in [6.45, 7) is -0.296. The van der Waals surface area contributed by atoms with E-state index in [1.807, 2.05) is 12.2 Å². The van der Waals surface area contributed by atoms with Crippen LogP contribution in [0.25, 0.3) is 0 Å². The Labute approximate surface area is 189 Å². The molecule has 9 heteroatoms. The highest BCUT2D eigenvalue weighted by Crippen LogP contribution is 2.47. The lowest BCUT2D eigenvalue weighted by Crippen LogP contribution is -2.61. The Kier molecular flexibility index (Phi) is 6.08. The van der Waals surface area contributed by atoms with E-state index in [0.29, 0.717) is 36.2 Å². The third-order valence-electron chi connectivity index (χ3n) is 5.75. The lowest BCUT2D eigenvalue weighted by molar-refractivity contribution is -0.126. The van der Waals surface area contributed by atoms with E-state index in [2.05, 4.69) is 10.6 Å². The quantitative estimate of drug-likeness (QED) is 0.521. The third kappa shape index (κ3) is 4.56. The zero-order valence-electron chi connectivity index (χ0n) is 17.2. The number of halogens is 2. The van der Waals surface area contributed by atoms with E-state index in [4.69, 9.17) is 22.1 Å². The molecule has 1 aromatic rings. The second-order valence-electron chi connectivity index (χ2n) is 8.17. The smallest absolute Gasteiger partial charge is 0.258 e. The van der Waals surface area contributed by atoms with Crippen molar-refractivity contribution >= 4 is 23.4 Å². The first-order chi connectivity index (χ1) is 15.3. The molecule has 5 rings (SSSR count). The Balaban J connectivity index is 1.34. The lowest BCUT2D eigenvalue weighted by atomic mass is 9.63. The number of carbonyl (C=O) groups excluding carboxylic acids is 2. The fourth-order valence-corrected chi connectivity index (χ4v) is 4.34. The van der Waals surface area contributed by atoms with Gasteiger partial charge in [0.1, 0.15) is 11.6 Å². The van der Waals surface area contributed by atoms with E-state index in [0.717, 1.165) is 11.6 Å². The van der Waals surface area contributed by atoms with Gasteiger partial charge in [-0.25, -0.2) is 4.39 Å². The van der Waals surface area contributed by atoms with E-state index in [1.54, 1.807) is 12.2 Å². The Morgan fingerprint density at radius 2 is 2.09 bits per heavy atom. The number of amides is 2. The number of fused-ring (bicyclic) bond motifs is 2. The Morgan fingerprint density at radius 1 is 1.31 bits per heavy atom. The highest BCUT2D eigenvalue weighted by molar-refractivity contribution is 6.30. The summed E-state index contributed by atoms with van der Waals surface area (Å²) in [4.78, 5) is 25.0. The molecule has 1 unspecified atom stereocenters. The van der Waals surface area contributed by atoms with Gasteiger partial charge in [0.15, 0.2) is 6.61 Å². The first kappa shape index (κ1) is 22.1. The molecule has 7 nitrogen and oxygen atoms in total. The van der Waals surface area contributed by atoms with Crippen molar-refractivity contribution in [2.45, 2.75) is 37.3 Å².